The number of benzene rings is 1. The van der Waals surface area contributed by atoms with E-state index in [1.165, 1.54) is 11.1 Å². The fourth-order valence-electron chi connectivity index (χ4n) is 2.07. The monoisotopic (exact) mass is 206 g/mol. The third-order valence-electron chi connectivity index (χ3n) is 2.79. The topological polar surface area (TPSA) is 75.3 Å². The molecule has 0 fully saturated rings. The zero-order valence-electron chi connectivity index (χ0n) is 8.36. The number of aryl methyl sites for hydroxylation is 1. The zero-order chi connectivity index (χ0) is 10.8. The number of nitrogens with one attached hydrogen (secondary N) is 1. The summed E-state index contributed by atoms with van der Waals surface area (Å²) in [5.74, 6) is 0. The van der Waals surface area contributed by atoms with Gasteiger partial charge in [-0.25, -0.2) is 4.79 Å². The van der Waals surface area contributed by atoms with Crippen molar-refractivity contribution in [3.8, 4) is 0 Å². The van der Waals surface area contributed by atoms with E-state index >= 15 is 0 Å². The van der Waals surface area contributed by atoms with Crippen LogP contribution in [0, 0.1) is 0 Å². The van der Waals surface area contributed by atoms with Crippen LogP contribution in [0.2, 0.25) is 0 Å². The van der Waals surface area contributed by atoms with Gasteiger partial charge >= 0.3 is 6.09 Å². The van der Waals surface area contributed by atoms with Gasteiger partial charge in [0.15, 0.2) is 0 Å². The second kappa shape index (κ2) is 3.81. The summed E-state index contributed by atoms with van der Waals surface area (Å²) in [5.41, 5.74) is 8.92. The molecule has 80 valence electrons. The molecule has 4 nitrogen and oxygen atoms in total. The van der Waals surface area contributed by atoms with Crippen LogP contribution < -0.4 is 11.1 Å². The van der Waals surface area contributed by atoms with Crippen molar-refractivity contribution in [3.05, 3.63) is 29.3 Å². The third kappa shape index (κ3) is 2.21. The van der Waals surface area contributed by atoms with Gasteiger partial charge in [-0.05, 0) is 42.5 Å². The van der Waals surface area contributed by atoms with Crippen molar-refractivity contribution in [2.75, 3.05) is 5.73 Å². The standard InChI is InChI=1S/C11H14N2O2/c12-9-3-1-8-6-10(13-11(14)15)4-2-7(8)5-9/h1,3,5,10,13H,2,4,6,12H2,(H,14,15)/t10-/m1/s1. The summed E-state index contributed by atoms with van der Waals surface area (Å²) in [6.07, 6.45) is 1.56. The molecule has 0 spiro atoms. The van der Waals surface area contributed by atoms with E-state index in [9.17, 15) is 4.79 Å². The number of rotatable bonds is 1. The number of carbonyl (C=O) groups is 1. The molecule has 0 saturated carbocycles. The first-order valence-corrected chi connectivity index (χ1v) is 5.02. The van der Waals surface area contributed by atoms with E-state index in [2.05, 4.69) is 5.32 Å². The highest BCUT2D eigenvalue weighted by atomic mass is 16.4. The van der Waals surface area contributed by atoms with Gasteiger partial charge < -0.3 is 16.2 Å². The van der Waals surface area contributed by atoms with Crippen molar-refractivity contribution in [2.45, 2.75) is 25.3 Å². The molecule has 2 rings (SSSR count). The Labute approximate surface area is 88.1 Å². The molecule has 0 aromatic heterocycles. The molecule has 0 saturated heterocycles. The van der Waals surface area contributed by atoms with Crippen LogP contribution in [0.1, 0.15) is 17.5 Å². The molecule has 0 aliphatic heterocycles. The van der Waals surface area contributed by atoms with E-state index in [-0.39, 0.29) is 6.04 Å². The maximum absolute atomic E-state index is 10.5. The third-order valence-corrected chi connectivity index (χ3v) is 2.79. The minimum atomic E-state index is -0.945. The van der Waals surface area contributed by atoms with Crippen molar-refractivity contribution in [1.82, 2.24) is 5.32 Å². The normalized spacial score (nSPS) is 19.3. The van der Waals surface area contributed by atoms with Gasteiger partial charge in [0, 0.05) is 11.7 Å². The number of nitrogens with two attached hydrogens (primary N) is 1. The Balaban J connectivity index is 2.13. The Bertz CT molecular complexity index is 390. The maximum Gasteiger partial charge on any atom is 0.404 e. The number of anilines is 1. The van der Waals surface area contributed by atoms with E-state index in [1.54, 1.807) is 0 Å². The van der Waals surface area contributed by atoms with Crippen LogP contribution in [0.5, 0.6) is 0 Å². The number of amides is 1. The van der Waals surface area contributed by atoms with Crippen molar-refractivity contribution in [1.29, 1.82) is 0 Å². The van der Waals surface area contributed by atoms with Gasteiger partial charge in [0.1, 0.15) is 0 Å². The van der Waals surface area contributed by atoms with Crippen LogP contribution in [0.15, 0.2) is 18.2 Å². The molecule has 1 aliphatic rings. The number of hydrogen-bond acceptors (Lipinski definition) is 2. The molecular weight excluding hydrogens is 192 g/mol. The van der Waals surface area contributed by atoms with E-state index in [4.69, 9.17) is 10.8 Å². The van der Waals surface area contributed by atoms with Gasteiger partial charge in [-0.3, -0.25) is 0 Å². The molecule has 4 N–H and O–H groups in total. The number of nitrogen functional groups attached to an aromatic ring is 1. The average molecular weight is 206 g/mol. The summed E-state index contributed by atoms with van der Waals surface area (Å²) >= 11 is 0. The van der Waals surface area contributed by atoms with E-state index < -0.39 is 6.09 Å². The van der Waals surface area contributed by atoms with Crippen molar-refractivity contribution >= 4 is 11.8 Å². The quantitative estimate of drug-likeness (QED) is 0.608. The molecule has 1 aliphatic carbocycles. The molecule has 15 heavy (non-hydrogen) atoms. The van der Waals surface area contributed by atoms with Gasteiger partial charge in [0.2, 0.25) is 0 Å². The minimum Gasteiger partial charge on any atom is -0.465 e. The maximum atomic E-state index is 10.5. The van der Waals surface area contributed by atoms with Crippen LogP contribution in [0.4, 0.5) is 10.5 Å². The van der Waals surface area contributed by atoms with Gasteiger partial charge in [0.05, 0.1) is 0 Å². The van der Waals surface area contributed by atoms with Gasteiger partial charge in [-0.2, -0.15) is 0 Å². The Kier molecular flexibility index (Phi) is 2.49. The molecule has 1 aromatic rings. The molecule has 1 atom stereocenters. The lowest BCUT2D eigenvalue weighted by Gasteiger charge is -2.24. The van der Waals surface area contributed by atoms with Crippen molar-refractivity contribution in [3.63, 3.8) is 0 Å². The first kappa shape index (κ1) is 9.83. The first-order chi connectivity index (χ1) is 7.15. The van der Waals surface area contributed by atoms with E-state index in [0.717, 1.165) is 24.9 Å². The fourth-order valence-corrected chi connectivity index (χ4v) is 2.07. The summed E-state index contributed by atoms with van der Waals surface area (Å²) in [7, 11) is 0. The summed E-state index contributed by atoms with van der Waals surface area (Å²) in [4.78, 5) is 10.5. The Morgan fingerprint density at radius 1 is 1.47 bits per heavy atom. The summed E-state index contributed by atoms with van der Waals surface area (Å²) < 4.78 is 0. The SMILES string of the molecule is Nc1ccc2c(c1)CC[C@@H](NC(=O)O)C2. The molecule has 0 unspecified atom stereocenters. The van der Waals surface area contributed by atoms with Crippen LogP contribution in [-0.4, -0.2) is 17.2 Å². The molecule has 0 radical (unpaired) electrons. The van der Waals surface area contributed by atoms with Crippen LogP contribution in [0.3, 0.4) is 0 Å². The molecule has 0 bridgehead atoms. The largest absolute Gasteiger partial charge is 0.465 e. The number of carboxylic acid groups (broad SMARTS) is 1. The highest BCUT2D eigenvalue weighted by molar-refractivity contribution is 5.65. The summed E-state index contributed by atoms with van der Waals surface area (Å²) in [6.45, 7) is 0. The highest BCUT2D eigenvalue weighted by Crippen LogP contribution is 2.23. The summed E-state index contributed by atoms with van der Waals surface area (Å²) in [5, 5.41) is 11.1. The van der Waals surface area contributed by atoms with E-state index in [0.29, 0.717) is 0 Å². The molecular formula is C11H14N2O2. The Hall–Kier alpha value is -1.71. The minimum absolute atomic E-state index is 0.0404. The Morgan fingerprint density at radius 2 is 2.27 bits per heavy atom. The van der Waals surface area contributed by atoms with Gasteiger partial charge in [0.25, 0.3) is 0 Å². The molecule has 1 aromatic carbocycles. The molecule has 1 amide bonds. The van der Waals surface area contributed by atoms with E-state index in [1.807, 2.05) is 18.2 Å². The van der Waals surface area contributed by atoms with Gasteiger partial charge in [-0.15, -0.1) is 0 Å². The van der Waals surface area contributed by atoms with Gasteiger partial charge in [-0.1, -0.05) is 6.07 Å². The molecule has 4 heteroatoms. The summed E-state index contributed by atoms with van der Waals surface area (Å²) in [6, 6.07) is 5.87. The second-order valence-electron chi connectivity index (χ2n) is 3.92. The zero-order valence-corrected chi connectivity index (χ0v) is 8.36. The Morgan fingerprint density at radius 3 is 3.00 bits per heavy atom. The van der Waals surface area contributed by atoms with Crippen molar-refractivity contribution < 1.29 is 9.90 Å². The smallest absolute Gasteiger partial charge is 0.404 e. The number of hydrogen-bond donors (Lipinski definition) is 3. The van der Waals surface area contributed by atoms with Crippen LogP contribution in [0.25, 0.3) is 0 Å². The average Bonchev–Trinajstić information content (AvgIpc) is 2.17. The first-order valence-electron chi connectivity index (χ1n) is 5.02. The predicted octanol–water partition coefficient (Wildman–Crippen LogP) is 1.39. The lowest BCUT2D eigenvalue weighted by Crippen LogP contribution is -2.37. The lowest BCUT2D eigenvalue weighted by atomic mass is 9.88. The lowest BCUT2D eigenvalue weighted by molar-refractivity contribution is 0.188. The number of fused-ring (bicyclic) bond motifs is 1. The van der Waals surface area contributed by atoms with Crippen LogP contribution >= 0.6 is 0 Å². The highest BCUT2D eigenvalue weighted by Gasteiger charge is 2.19. The van der Waals surface area contributed by atoms with Crippen molar-refractivity contribution in [2.24, 2.45) is 0 Å². The van der Waals surface area contributed by atoms with Crippen LogP contribution in [-0.2, 0) is 12.8 Å². The second-order valence-corrected chi connectivity index (χ2v) is 3.92. The fraction of sp³-hybridized carbons (Fsp3) is 0.364. The predicted molar refractivity (Wildman–Crippen MR) is 57.8 cm³/mol. The molecule has 0 heterocycles.